The van der Waals surface area contributed by atoms with Crippen LogP contribution in [0.4, 0.5) is 10.1 Å². The molecule has 0 radical (unpaired) electrons. The molecule has 94 valence electrons. The Balaban J connectivity index is 2.09. The quantitative estimate of drug-likeness (QED) is 0.747. The molecule has 0 aliphatic heterocycles. The van der Waals surface area contributed by atoms with Gasteiger partial charge in [-0.1, -0.05) is 28.8 Å². The summed E-state index contributed by atoms with van der Waals surface area (Å²) in [5, 5.41) is 0.703. The number of halogens is 2. The summed E-state index contributed by atoms with van der Waals surface area (Å²) in [6.45, 7) is 1.09. The van der Waals surface area contributed by atoms with Crippen LogP contribution in [0, 0.1) is 11.7 Å². The van der Waals surface area contributed by atoms with Crippen molar-refractivity contribution < 1.29 is 4.39 Å². The molecule has 0 bridgehead atoms. The Labute approximate surface area is 111 Å². The SMILES string of the molecule is CN(CC1CCCC1)c1ccc(F)cc1CBr. The molecule has 1 aromatic rings. The second-order valence-electron chi connectivity index (χ2n) is 4.94. The summed E-state index contributed by atoms with van der Waals surface area (Å²) in [5.74, 6) is 0.658. The van der Waals surface area contributed by atoms with Crippen LogP contribution < -0.4 is 4.90 Å². The molecule has 0 amide bonds. The lowest BCUT2D eigenvalue weighted by Crippen LogP contribution is -2.24. The van der Waals surface area contributed by atoms with Crippen molar-refractivity contribution in [3.63, 3.8) is 0 Å². The first-order valence-electron chi connectivity index (χ1n) is 6.26. The summed E-state index contributed by atoms with van der Waals surface area (Å²) < 4.78 is 13.2. The van der Waals surface area contributed by atoms with E-state index in [9.17, 15) is 4.39 Å². The highest BCUT2D eigenvalue weighted by Gasteiger charge is 2.18. The number of hydrogen-bond acceptors (Lipinski definition) is 1. The van der Waals surface area contributed by atoms with Gasteiger partial charge in [0.25, 0.3) is 0 Å². The Kier molecular flexibility index (Phi) is 4.43. The second-order valence-corrected chi connectivity index (χ2v) is 5.50. The molecule has 0 saturated heterocycles. The molecule has 1 aliphatic carbocycles. The van der Waals surface area contributed by atoms with Gasteiger partial charge in [-0.25, -0.2) is 4.39 Å². The molecule has 1 aromatic carbocycles. The number of hydrogen-bond donors (Lipinski definition) is 0. The van der Waals surface area contributed by atoms with Gasteiger partial charge in [-0.3, -0.25) is 0 Å². The lowest BCUT2D eigenvalue weighted by Gasteiger charge is -2.25. The van der Waals surface area contributed by atoms with E-state index in [1.54, 1.807) is 12.1 Å². The smallest absolute Gasteiger partial charge is 0.123 e. The van der Waals surface area contributed by atoms with Crippen LogP contribution in [0.1, 0.15) is 31.2 Å². The van der Waals surface area contributed by atoms with E-state index >= 15 is 0 Å². The van der Waals surface area contributed by atoms with Gasteiger partial charge in [0, 0.05) is 24.6 Å². The Hall–Kier alpha value is -0.570. The topological polar surface area (TPSA) is 3.24 Å². The average Bonchev–Trinajstić information content (AvgIpc) is 2.81. The predicted octanol–water partition coefficient (Wildman–Crippen LogP) is 4.35. The lowest BCUT2D eigenvalue weighted by atomic mass is 10.1. The van der Waals surface area contributed by atoms with Crippen molar-refractivity contribution in [1.82, 2.24) is 0 Å². The second kappa shape index (κ2) is 5.85. The number of rotatable bonds is 4. The van der Waals surface area contributed by atoms with E-state index < -0.39 is 0 Å². The van der Waals surface area contributed by atoms with Gasteiger partial charge in [0.05, 0.1) is 0 Å². The molecule has 1 fully saturated rings. The van der Waals surface area contributed by atoms with E-state index in [1.165, 1.54) is 25.7 Å². The molecule has 1 saturated carbocycles. The Morgan fingerprint density at radius 3 is 2.71 bits per heavy atom. The van der Waals surface area contributed by atoms with E-state index in [0.29, 0.717) is 5.33 Å². The molecule has 0 N–H and O–H groups in total. The van der Waals surface area contributed by atoms with Crippen LogP contribution in [-0.4, -0.2) is 13.6 Å². The zero-order valence-corrected chi connectivity index (χ0v) is 11.8. The van der Waals surface area contributed by atoms with Gasteiger partial charge in [0.1, 0.15) is 5.82 Å². The van der Waals surface area contributed by atoms with Crippen LogP contribution in [0.2, 0.25) is 0 Å². The van der Waals surface area contributed by atoms with E-state index in [-0.39, 0.29) is 5.82 Å². The molecule has 3 heteroatoms. The summed E-state index contributed by atoms with van der Waals surface area (Å²) in [6, 6.07) is 5.06. The normalized spacial score (nSPS) is 16.4. The van der Waals surface area contributed by atoms with Crippen molar-refractivity contribution in [2.75, 3.05) is 18.5 Å². The molecule has 0 spiro atoms. The van der Waals surface area contributed by atoms with Crippen molar-refractivity contribution in [1.29, 1.82) is 0 Å². The highest BCUT2D eigenvalue weighted by atomic mass is 79.9. The lowest BCUT2D eigenvalue weighted by molar-refractivity contribution is 0.546. The van der Waals surface area contributed by atoms with Crippen LogP contribution in [0.5, 0.6) is 0 Å². The van der Waals surface area contributed by atoms with Gasteiger partial charge >= 0.3 is 0 Å². The molecule has 0 aromatic heterocycles. The Morgan fingerprint density at radius 1 is 1.35 bits per heavy atom. The number of nitrogens with zero attached hydrogens (tertiary/aromatic N) is 1. The van der Waals surface area contributed by atoms with Gasteiger partial charge < -0.3 is 4.90 Å². The maximum atomic E-state index is 13.2. The summed E-state index contributed by atoms with van der Waals surface area (Å²) in [4.78, 5) is 2.27. The highest BCUT2D eigenvalue weighted by Crippen LogP contribution is 2.29. The molecule has 1 aliphatic rings. The molecule has 0 heterocycles. The molecule has 0 atom stereocenters. The minimum absolute atomic E-state index is 0.155. The number of alkyl halides is 1. The van der Waals surface area contributed by atoms with E-state index in [1.807, 2.05) is 6.07 Å². The monoisotopic (exact) mass is 299 g/mol. The van der Waals surface area contributed by atoms with E-state index in [4.69, 9.17) is 0 Å². The minimum Gasteiger partial charge on any atom is -0.374 e. The van der Waals surface area contributed by atoms with Gasteiger partial charge in [0.2, 0.25) is 0 Å². The zero-order chi connectivity index (χ0) is 12.3. The fraction of sp³-hybridized carbons (Fsp3) is 0.571. The van der Waals surface area contributed by atoms with Crippen molar-refractivity contribution in [2.45, 2.75) is 31.0 Å². The third-order valence-corrected chi connectivity index (χ3v) is 4.21. The first-order chi connectivity index (χ1) is 8.20. The Morgan fingerprint density at radius 2 is 2.06 bits per heavy atom. The molecule has 1 nitrogen and oxygen atoms in total. The minimum atomic E-state index is -0.155. The third-order valence-electron chi connectivity index (χ3n) is 3.60. The van der Waals surface area contributed by atoms with Crippen LogP contribution in [0.15, 0.2) is 18.2 Å². The fourth-order valence-corrected chi connectivity index (χ4v) is 3.16. The largest absolute Gasteiger partial charge is 0.374 e. The highest BCUT2D eigenvalue weighted by molar-refractivity contribution is 9.08. The molecule has 2 rings (SSSR count). The standard InChI is InChI=1S/C14H19BrFN/c1-17(10-11-4-2-3-5-11)14-7-6-13(16)8-12(14)9-15/h6-8,11H,2-5,9-10H2,1H3. The maximum absolute atomic E-state index is 13.2. The van der Waals surface area contributed by atoms with Crippen LogP contribution in [-0.2, 0) is 5.33 Å². The van der Waals surface area contributed by atoms with Crippen molar-refractivity contribution >= 4 is 21.6 Å². The van der Waals surface area contributed by atoms with E-state index in [2.05, 4.69) is 27.9 Å². The number of anilines is 1. The average molecular weight is 300 g/mol. The fourth-order valence-electron chi connectivity index (χ4n) is 2.71. The van der Waals surface area contributed by atoms with E-state index in [0.717, 1.165) is 23.7 Å². The Bertz CT molecular complexity index is 374. The van der Waals surface area contributed by atoms with Gasteiger partial charge in [-0.2, -0.15) is 0 Å². The molecular formula is C14H19BrFN. The van der Waals surface area contributed by atoms with Gasteiger partial charge in [-0.15, -0.1) is 0 Å². The molecule has 0 unspecified atom stereocenters. The van der Waals surface area contributed by atoms with Crippen molar-refractivity contribution in [3.05, 3.63) is 29.6 Å². The summed E-state index contributed by atoms with van der Waals surface area (Å²) in [5.41, 5.74) is 2.18. The predicted molar refractivity (Wildman–Crippen MR) is 74.3 cm³/mol. The molecule has 17 heavy (non-hydrogen) atoms. The number of benzene rings is 1. The van der Waals surface area contributed by atoms with Crippen LogP contribution in [0.25, 0.3) is 0 Å². The summed E-state index contributed by atoms with van der Waals surface area (Å²) >= 11 is 3.43. The maximum Gasteiger partial charge on any atom is 0.123 e. The van der Waals surface area contributed by atoms with Gasteiger partial charge in [0.15, 0.2) is 0 Å². The third kappa shape index (κ3) is 3.21. The van der Waals surface area contributed by atoms with Crippen LogP contribution in [0.3, 0.4) is 0 Å². The first kappa shape index (κ1) is 12.9. The summed E-state index contributed by atoms with van der Waals surface area (Å²) in [7, 11) is 2.11. The van der Waals surface area contributed by atoms with Crippen molar-refractivity contribution in [2.24, 2.45) is 5.92 Å². The van der Waals surface area contributed by atoms with Crippen LogP contribution >= 0.6 is 15.9 Å². The van der Waals surface area contributed by atoms with Gasteiger partial charge in [-0.05, 0) is 42.5 Å². The zero-order valence-electron chi connectivity index (χ0n) is 10.3. The first-order valence-corrected chi connectivity index (χ1v) is 7.38. The molecular weight excluding hydrogens is 281 g/mol. The summed E-state index contributed by atoms with van der Waals surface area (Å²) in [6.07, 6.45) is 5.42. The van der Waals surface area contributed by atoms with Crippen molar-refractivity contribution in [3.8, 4) is 0 Å².